The number of amides is 1. The summed E-state index contributed by atoms with van der Waals surface area (Å²) in [6.45, 7) is 1.46. The molecular formula is C19H14F3N5OS2. The molecule has 0 spiro atoms. The molecule has 4 rings (SSSR count). The molecule has 4 aromatic rings. The van der Waals surface area contributed by atoms with E-state index in [1.54, 1.807) is 0 Å². The second-order valence-corrected chi connectivity index (χ2v) is 8.01. The van der Waals surface area contributed by atoms with Crippen molar-refractivity contribution in [2.24, 2.45) is 0 Å². The molecule has 0 saturated heterocycles. The van der Waals surface area contributed by atoms with Gasteiger partial charge in [-0.2, -0.15) is 13.2 Å². The summed E-state index contributed by atoms with van der Waals surface area (Å²) in [5, 5.41) is 10.5. The van der Waals surface area contributed by atoms with Crippen molar-refractivity contribution in [1.82, 2.24) is 19.6 Å². The van der Waals surface area contributed by atoms with E-state index in [9.17, 15) is 18.0 Å². The molecule has 0 aliphatic rings. The molecule has 1 aromatic carbocycles. The fourth-order valence-electron chi connectivity index (χ4n) is 2.74. The van der Waals surface area contributed by atoms with Crippen LogP contribution >= 0.6 is 23.1 Å². The van der Waals surface area contributed by atoms with E-state index in [4.69, 9.17) is 0 Å². The molecule has 0 saturated carbocycles. The number of hydrogen-bond acceptors (Lipinski definition) is 6. The Morgan fingerprint density at radius 2 is 1.93 bits per heavy atom. The van der Waals surface area contributed by atoms with Crippen molar-refractivity contribution in [2.75, 3.05) is 4.90 Å². The van der Waals surface area contributed by atoms with E-state index in [0.717, 1.165) is 12.3 Å². The van der Waals surface area contributed by atoms with Gasteiger partial charge in [0.25, 0.3) is 0 Å². The summed E-state index contributed by atoms with van der Waals surface area (Å²) in [6, 6.07) is 11.4. The minimum Gasteiger partial charge on any atom is -0.277 e. The van der Waals surface area contributed by atoms with Gasteiger partial charge < -0.3 is 0 Å². The quantitative estimate of drug-likeness (QED) is 0.393. The molecule has 6 nitrogen and oxygen atoms in total. The lowest BCUT2D eigenvalue weighted by atomic mass is 10.3. The number of rotatable bonds is 5. The van der Waals surface area contributed by atoms with Crippen LogP contribution in [-0.4, -0.2) is 25.5 Å². The summed E-state index contributed by atoms with van der Waals surface area (Å²) in [7, 11) is 0. The standard InChI is InChI=1S/C19H14F3N5OS2/c1-12(28)27(15-5-3-2-4-6-15)17-23-14(10-29-17)11-30-18-25-24-16-8-7-13(9-26(16)18)19(20,21)22/h2-10H,11H2,1H3. The second-order valence-electron chi connectivity index (χ2n) is 6.23. The first-order valence-electron chi connectivity index (χ1n) is 8.68. The number of pyridine rings is 1. The summed E-state index contributed by atoms with van der Waals surface area (Å²) < 4.78 is 40.3. The largest absolute Gasteiger partial charge is 0.417 e. The number of halogens is 3. The van der Waals surface area contributed by atoms with Crippen molar-refractivity contribution >= 4 is 45.5 Å². The lowest BCUT2D eigenvalue weighted by molar-refractivity contribution is -0.137. The Balaban J connectivity index is 1.54. The van der Waals surface area contributed by atoms with Gasteiger partial charge in [0.1, 0.15) is 0 Å². The third-order valence-corrected chi connectivity index (χ3v) is 5.96. The summed E-state index contributed by atoms with van der Waals surface area (Å²) in [5.41, 5.74) is 0.955. The Morgan fingerprint density at radius 1 is 1.17 bits per heavy atom. The molecule has 0 N–H and O–H groups in total. The van der Waals surface area contributed by atoms with Crippen molar-refractivity contribution in [3.63, 3.8) is 0 Å². The fourth-order valence-corrected chi connectivity index (χ4v) is 4.54. The van der Waals surface area contributed by atoms with Crippen LogP contribution in [0.15, 0.2) is 59.2 Å². The third-order valence-electron chi connectivity index (χ3n) is 4.11. The average Bonchev–Trinajstić information content (AvgIpc) is 3.33. The van der Waals surface area contributed by atoms with E-state index in [1.165, 1.54) is 45.4 Å². The van der Waals surface area contributed by atoms with Gasteiger partial charge in [0.15, 0.2) is 15.9 Å². The first-order valence-corrected chi connectivity index (χ1v) is 10.5. The summed E-state index contributed by atoms with van der Waals surface area (Å²) in [6.07, 6.45) is -3.46. The molecular weight excluding hydrogens is 435 g/mol. The molecule has 0 radical (unpaired) electrons. The summed E-state index contributed by atoms with van der Waals surface area (Å²) >= 11 is 2.54. The van der Waals surface area contributed by atoms with Crippen molar-refractivity contribution in [2.45, 2.75) is 24.0 Å². The number of carbonyl (C=O) groups is 1. The van der Waals surface area contributed by atoms with Gasteiger partial charge in [-0.25, -0.2) is 4.98 Å². The zero-order valence-electron chi connectivity index (χ0n) is 15.5. The lowest BCUT2D eigenvalue weighted by Gasteiger charge is -2.17. The lowest BCUT2D eigenvalue weighted by Crippen LogP contribution is -2.22. The number of hydrogen-bond donors (Lipinski definition) is 0. The molecule has 0 bridgehead atoms. The van der Waals surface area contributed by atoms with Crippen LogP contribution in [-0.2, 0) is 16.7 Å². The maximum absolute atomic E-state index is 13.0. The monoisotopic (exact) mass is 449 g/mol. The maximum Gasteiger partial charge on any atom is 0.417 e. The average molecular weight is 449 g/mol. The molecule has 0 aliphatic carbocycles. The number of thioether (sulfide) groups is 1. The van der Waals surface area contributed by atoms with Crippen LogP contribution in [0.2, 0.25) is 0 Å². The van der Waals surface area contributed by atoms with Crippen molar-refractivity contribution in [3.05, 3.63) is 65.3 Å². The first-order chi connectivity index (χ1) is 14.3. The summed E-state index contributed by atoms with van der Waals surface area (Å²) in [4.78, 5) is 18.2. The molecule has 0 unspecified atom stereocenters. The van der Waals surface area contributed by atoms with Gasteiger partial charge in [0, 0.05) is 24.3 Å². The number of para-hydroxylation sites is 1. The molecule has 11 heteroatoms. The number of alkyl halides is 3. The number of benzene rings is 1. The van der Waals surface area contributed by atoms with Gasteiger partial charge in [0.05, 0.1) is 16.9 Å². The highest BCUT2D eigenvalue weighted by molar-refractivity contribution is 7.98. The highest BCUT2D eigenvalue weighted by Crippen LogP contribution is 2.32. The van der Waals surface area contributed by atoms with Crippen LogP contribution < -0.4 is 4.90 Å². The zero-order chi connectivity index (χ0) is 21.3. The smallest absolute Gasteiger partial charge is 0.277 e. The van der Waals surface area contributed by atoms with Gasteiger partial charge in [-0.3, -0.25) is 14.1 Å². The molecule has 30 heavy (non-hydrogen) atoms. The van der Waals surface area contributed by atoms with Crippen molar-refractivity contribution < 1.29 is 18.0 Å². The van der Waals surface area contributed by atoms with Gasteiger partial charge in [0.2, 0.25) is 5.91 Å². The zero-order valence-corrected chi connectivity index (χ0v) is 17.1. The van der Waals surface area contributed by atoms with E-state index in [1.807, 2.05) is 35.7 Å². The van der Waals surface area contributed by atoms with Gasteiger partial charge in [-0.15, -0.1) is 21.5 Å². The Kier molecular flexibility index (Phi) is 5.48. The van der Waals surface area contributed by atoms with Crippen molar-refractivity contribution in [1.29, 1.82) is 0 Å². The van der Waals surface area contributed by atoms with E-state index < -0.39 is 11.7 Å². The van der Waals surface area contributed by atoms with Crippen LogP contribution in [0.25, 0.3) is 5.65 Å². The molecule has 3 heterocycles. The van der Waals surface area contributed by atoms with Gasteiger partial charge in [-0.1, -0.05) is 30.0 Å². The predicted octanol–water partition coefficient (Wildman–Crippen LogP) is 5.18. The molecule has 1 amide bonds. The SMILES string of the molecule is CC(=O)N(c1ccccc1)c1nc(CSc2nnc3ccc(C(F)(F)F)cn23)cs1. The molecule has 154 valence electrons. The number of nitrogens with zero attached hydrogens (tertiary/aromatic N) is 5. The minimum atomic E-state index is -4.45. The number of carbonyl (C=O) groups excluding carboxylic acids is 1. The number of aromatic nitrogens is 4. The fraction of sp³-hybridized carbons (Fsp3) is 0.158. The Labute approximate surface area is 177 Å². The topological polar surface area (TPSA) is 63.4 Å². The highest BCUT2D eigenvalue weighted by Gasteiger charge is 2.31. The van der Waals surface area contributed by atoms with Crippen LogP contribution in [0.4, 0.5) is 24.0 Å². The number of thiazole rings is 1. The Morgan fingerprint density at radius 3 is 2.63 bits per heavy atom. The Bertz CT molecular complexity index is 1190. The highest BCUT2D eigenvalue weighted by atomic mass is 32.2. The molecule has 0 aliphatic heterocycles. The van der Waals surface area contributed by atoms with Gasteiger partial charge >= 0.3 is 6.18 Å². The minimum absolute atomic E-state index is 0.169. The van der Waals surface area contributed by atoms with Crippen LogP contribution in [0.1, 0.15) is 18.2 Å². The Hall–Kier alpha value is -2.92. The molecule has 0 fully saturated rings. The molecule has 0 atom stereocenters. The van der Waals surface area contributed by atoms with E-state index >= 15 is 0 Å². The second kappa shape index (κ2) is 8.07. The van der Waals surface area contributed by atoms with Gasteiger partial charge in [-0.05, 0) is 24.3 Å². The number of fused-ring (bicyclic) bond motifs is 1. The third kappa shape index (κ3) is 4.17. The molecule has 3 aromatic heterocycles. The predicted molar refractivity (Wildman–Crippen MR) is 109 cm³/mol. The van der Waals surface area contributed by atoms with E-state index in [2.05, 4.69) is 15.2 Å². The normalized spacial score (nSPS) is 11.7. The van der Waals surface area contributed by atoms with Crippen LogP contribution in [0, 0.1) is 0 Å². The first kappa shape index (κ1) is 20.4. The van der Waals surface area contributed by atoms with Crippen LogP contribution in [0.5, 0.6) is 0 Å². The number of anilines is 2. The van der Waals surface area contributed by atoms with E-state index in [0.29, 0.717) is 33.1 Å². The summed E-state index contributed by atoms with van der Waals surface area (Å²) in [5.74, 6) is 0.200. The van der Waals surface area contributed by atoms with Crippen LogP contribution in [0.3, 0.4) is 0 Å². The van der Waals surface area contributed by atoms with E-state index in [-0.39, 0.29) is 5.91 Å². The maximum atomic E-state index is 13.0. The van der Waals surface area contributed by atoms with Crippen molar-refractivity contribution in [3.8, 4) is 0 Å².